The van der Waals surface area contributed by atoms with Crippen molar-refractivity contribution in [1.82, 2.24) is 31.1 Å². The molecule has 0 bridgehead atoms. The maximum atomic E-state index is 12.9. The molecule has 1 aromatic heterocycles. The molecule has 0 spiro atoms. The number of hydrogen-bond donors (Lipinski definition) is 2. The number of tetrazole rings is 1. The summed E-state index contributed by atoms with van der Waals surface area (Å²) in [4.78, 5) is 17.1. The molecule has 1 unspecified atom stereocenters. The van der Waals surface area contributed by atoms with Crippen molar-refractivity contribution in [2.24, 2.45) is 4.99 Å². The normalized spacial score (nSPS) is 16.6. The van der Waals surface area contributed by atoms with E-state index in [0.29, 0.717) is 17.5 Å². The third-order valence-electron chi connectivity index (χ3n) is 5.82. The number of hydrazine groups is 1. The van der Waals surface area contributed by atoms with Crippen LogP contribution in [-0.4, -0.2) is 48.4 Å². The second-order valence-corrected chi connectivity index (χ2v) is 9.64. The molecule has 39 heavy (non-hydrogen) atoms. The Morgan fingerprint density at radius 1 is 1.05 bits per heavy atom. The van der Waals surface area contributed by atoms with E-state index in [1.54, 1.807) is 5.01 Å². The van der Waals surface area contributed by atoms with Crippen LogP contribution in [0.4, 0.5) is 13.2 Å². The molecule has 200 valence electrons. The van der Waals surface area contributed by atoms with Crippen LogP contribution in [-0.2, 0) is 6.54 Å². The number of nitrogens with zero attached hydrogens (tertiary/aromatic N) is 5. The van der Waals surface area contributed by atoms with Crippen LogP contribution in [0.5, 0.6) is 5.75 Å². The summed E-state index contributed by atoms with van der Waals surface area (Å²) >= 11 is 1.34. The molecule has 0 aliphatic carbocycles. The predicted octanol–water partition coefficient (Wildman–Crippen LogP) is 5.42. The summed E-state index contributed by atoms with van der Waals surface area (Å²) in [5.41, 5.74) is 6.74. The summed E-state index contributed by atoms with van der Waals surface area (Å²) in [5, 5.41) is 16.2. The van der Waals surface area contributed by atoms with Crippen LogP contribution in [0.3, 0.4) is 0 Å². The van der Waals surface area contributed by atoms with Gasteiger partial charge < -0.3 is 4.74 Å². The minimum Gasteiger partial charge on any atom is -0.405 e. The number of amides is 1. The number of benzene rings is 3. The van der Waals surface area contributed by atoms with Crippen molar-refractivity contribution in [2.45, 2.75) is 31.6 Å². The zero-order valence-electron chi connectivity index (χ0n) is 20.5. The van der Waals surface area contributed by atoms with E-state index in [4.69, 9.17) is 0 Å². The lowest BCUT2D eigenvalue weighted by molar-refractivity contribution is -0.274. The number of amidine groups is 1. The average molecular weight is 554 g/mol. The number of aromatic amines is 1. The minimum atomic E-state index is -4.93. The average Bonchev–Trinajstić information content (AvgIpc) is 3.59. The van der Waals surface area contributed by atoms with Gasteiger partial charge in [-0.2, -0.15) is 4.99 Å². The highest BCUT2D eigenvalue weighted by molar-refractivity contribution is 8.14. The first-order chi connectivity index (χ1) is 18.8. The number of aromatic nitrogens is 4. The van der Waals surface area contributed by atoms with Crippen LogP contribution in [0.25, 0.3) is 22.5 Å². The fourth-order valence-corrected chi connectivity index (χ4v) is 4.99. The Bertz CT molecular complexity index is 1480. The van der Waals surface area contributed by atoms with Crippen molar-refractivity contribution in [3.05, 3.63) is 83.9 Å². The molecule has 1 saturated heterocycles. The Kier molecular flexibility index (Phi) is 7.61. The first-order valence-electron chi connectivity index (χ1n) is 11.9. The van der Waals surface area contributed by atoms with E-state index in [-0.39, 0.29) is 10.9 Å². The van der Waals surface area contributed by atoms with Gasteiger partial charge in [0.05, 0.1) is 17.5 Å². The van der Waals surface area contributed by atoms with Gasteiger partial charge in [-0.1, -0.05) is 79.3 Å². The number of halogens is 3. The third kappa shape index (κ3) is 6.26. The highest BCUT2D eigenvalue weighted by atomic mass is 32.2. The van der Waals surface area contributed by atoms with Crippen molar-refractivity contribution in [3.63, 3.8) is 0 Å². The fraction of sp³-hybridized carbons (Fsp3) is 0.192. The number of ether oxygens (including phenoxy) is 1. The molecule has 4 aromatic rings. The summed E-state index contributed by atoms with van der Waals surface area (Å²) in [5.74, 6) is -0.855. The van der Waals surface area contributed by atoms with Crippen LogP contribution >= 0.6 is 11.8 Å². The van der Waals surface area contributed by atoms with Gasteiger partial charge in [0.2, 0.25) is 0 Å². The Labute approximate surface area is 225 Å². The van der Waals surface area contributed by atoms with Gasteiger partial charge in [0, 0.05) is 5.56 Å². The first kappa shape index (κ1) is 26.4. The molecule has 1 atom stereocenters. The summed E-state index contributed by atoms with van der Waals surface area (Å²) < 4.78 is 42.5. The summed E-state index contributed by atoms with van der Waals surface area (Å²) in [6, 6.07) is 20.8. The van der Waals surface area contributed by atoms with Crippen molar-refractivity contribution < 1.29 is 22.7 Å². The number of para-hydroxylation sites is 1. The van der Waals surface area contributed by atoms with Crippen LogP contribution < -0.4 is 10.2 Å². The second kappa shape index (κ2) is 11.3. The minimum absolute atomic E-state index is 0.0418. The Morgan fingerprint density at radius 2 is 1.77 bits per heavy atom. The van der Waals surface area contributed by atoms with Gasteiger partial charge in [-0.3, -0.25) is 9.80 Å². The van der Waals surface area contributed by atoms with E-state index < -0.39 is 18.0 Å². The lowest BCUT2D eigenvalue weighted by atomic mass is 9.98. The lowest BCUT2D eigenvalue weighted by Crippen LogP contribution is -2.37. The molecule has 0 saturated carbocycles. The van der Waals surface area contributed by atoms with Crippen molar-refractivity contribution in [2.75, 3.05) is 0 Å². The van der Waals surface area contributed by atoms with Crippen LogP contribution in [0, 0.1) is 0 Å². The number of thioether (sulfide) groups is 1. The smallest absolute Gasteiger partial charge is 0.405 e. The molecule has 2 heterocycles. The Morgan fingerprint density at radius 3 is 2.46 bits per heavy atom. The number of rotatable bonds is 7. The first-order valence-corrected chi connectivity index (χ1v) is 12.8. The van der Waals surface area contributed by atoms with Gasteiger partial charge in [-0.15, -0.1) is 18.3 Å². The fourth-order valence-electron chi connectivity index (χ4n) is 4.01. The van der Waals surface area contributed by atoms with E-state index in [1.165, 1.54) is 30.0 Å². The quantitative estimate of drug-likeness (QED) is 0.313. The Balaban J connectivity index is 1.36. The second-order valence-electron chi connectivity index (χ2n) is 8.47. The molecule has 0 radical (unpaired) electrons. The van der Waals surface area contributed by atoms with Crippen LogP contribution in [0.2, 0.25) is 0 Å². The molecule has 3 aromatic carbocycles. The van der Waals surface area contributed by atoms with Gasteiger partial charge >= 0.3 is 6.36 Å². The SMILES string of the molecule is CCC1NN(Cc2ccc(-c3ccccc3-c3nnn[nH]3)cc2)C(=NC(=O)c2ccccc2OC(F)(F)F)S1. The number of alkyl halides is 3. The largest absolute Gasteiger partial charge is 0.573 e. The predicted molar refractivity (Wildman–Crippen MR) is 140 cm³/mol. The zero-order valence-corrected chi connectivity index (χ0v) is 21.3. The molecular weight excluding hydrogens is 531 g/mol. The number of carbonyl (C=O) groups excluding carboxylic acids is 1. The van der Waals surface area contributed by atoms with E-state index in [0.717, 1.165) is 34.7 Å². The van der Waals surface area contributed by atoms with Gasteiger partial charge in [0.25, 0.3) is 5.91 Å². The van der Waals surface area contributed by atoms with Gasteiger partial charge in [0.15, 0.2) is 11.0 Å². The zero-order chi connectivity index (χ0) is 27.4. The molecule has 13 heteroatoms. The molecule has 1 amide bonds. The summed E-state index contributed by atoms with van der Waals surface area (Å²) in [7, 11) is 0. The van der Waals surface area contributed by atoms with E-state index in [1.807, 2.05) is 55.5 Å². The molecule has 2 N–H and O–H groups in total. The number of carbonyl (C=O) groups is 1. The topological polar surface area (TPSA) is 108 Å². The van der Waals surface area contributed by atoms with E-state index in [9.17, 15) is 18.0 Å². The molecule has 5 rings (SSSR count). The van der Waals surface area contributed by atoms with E-state index >= 15 is 0 Å². The lowest BCUT2D eigenvalue weighted by Gasteiger charge is -2.19. The van der Waals surface area contributed by atoms with Gasteiger partial charge in [0.1, 0.15) is 5.75 Å². The molecule has 1 aliphatic rings. The highest BCUT2D eigenvalue weighted by Crippen LogP contribution is 2.32. The highest BCUT2D eigenvalue weighted by Gasteiger charge is 2.33. The van der Waals surface area contributed by atoms with Crippen molar-refractivity contribution in [3.8, 4) is 28.3 Å². The molecular formula is C26H22F3N7O2S. The van der Waals surface area contributed by atoms with Gasteiger partial charge in [-0.05, 0) is 45.7 Å². The van der Waals surface area contributed by atoms with Crippen LogP contribution in [0.1, 0.15) is 29.3 Å². The maximum absolute atomic E-state index is 12.9. The molecule has 9 nitrogen and oxygen atoms in total. The number of H-pyrrole nitrogens is 1. The number of nitrogens with one attached hydrogen (secondary N) is 2. The maximum Gasteiger partial charge on any atom is 0.573 e. The summed E-state index contributed by atoms with van der Waals surface area (Å²) in [6.45, 7) is 2.36. The molecule has 1 fully saturated rings. The monoisotopic (exact) mass is 553 g/mol. The summed E-state index contributed by atoms with van der Waals surface area (Å²) in [6.07, 6.45) is -4.18. The molecule has 1 aliphatic heterocycles. The van der Waals surface area contributed by atoms with Crippen molar-refractivity contribution in [1.29, 1.82) is 0 Å². The Hall–Kier alpha value is -4.23. The third-order valence-corrected chi connectivity index (χ3v) is 7.07. The van der Waals surface area contributed by atoms with Crippen molar-refractivity contribution >= 4 is 22.8 Å². The number of hydrogen-bond acceptors (Lipinski definition) is 7. The standard InChI is InChI=1S/C26H22F3N7O2S/c1-2-22-33-36(25(39-22)30-24(37)20-9-5-6-10-21(20)38-26(27,28)29)15-16-11-13-17(14-12-16)18-7-3-4-8-19(18)23-31-34-35-32-23/h3-14,22,33H,2,15H2,1H3,(H,31,32,34,35). The number of aliphatic imine (C=N–C) groups is 1. The van der Waals surface area contributed by atoms with Gasteiger partial charge in [-0.25, -0.2) is 10.5 Å². The van der Waals surface area contributed by atoms with Crippen LogP contribution in [0.15, 0.2) is 77.8 Å². The van der Waals surface area contributed by atoms with E-state index in [2.05, 4.69) is 35.8 Å².